The fourth-order valence-electron chi connectivity index (χ4n) is 4.17. The molecule has 0 radical (unpaired) electrons. The quantitative estimate of drug-likeness (QED) is 0.487. The van der Waals surface area contributed by atoms with Gasteiger partial charge in [0, 0.05) is 35.3 Å². The summed E-state index contributed by atoms with van der Waals surface area (Å²) in [5.74, 6) is 2.02. The van der Waals surface area contributed by atoms with Crippen LogP contribution in [0.3, 0.4) is 0 Å². The molecule has 3 heterocycles. The molecule has 1 unspecified atom stereocenters. The molecule has 1 atom stereocenters. The number of rotatable bonds is 5. The zero-order chi connectivity index (χ0) is 22.1. The lowest BCUT2D eigenvalue weighted by Crippen LogP contribution is -2.17. The Hall–Kier alpha value is -3.81. The molecule has 4 aromatic rings. The summed E-state index contributed by atoms with van der Waals surface area (Å²) in [6.07, 6.45) is 3.68. The van der Waals surface area contributed by atoms with E-state index in [1.807, 2.05) is 48.0 Å². The third kappa shape index (κ3) is 3.91. The molecule has 2 aromatic heterocycles. The molecule has 162 valence electrons. The molecule has 2 aromatic carbocycles. The van der Waals surface area contributed by atoms with E-state index in [1.54, 1.807) is 13.3 Å². The van der Waals surface area contributed by atoms with Crippen molar-refractivity contribution in [1.29, 1.82) is 0 Å². The van der Waals surface area contributed by atoms with Crippen LogP contribution in [0.4, 0.5) is 16.0 Å². The highest BCUT2D eigenvalue weighted by atomic mass is 19.1. The number of aromatic nitrogens is 5. The summed E-state index contributed by atoms with van der Waals surface area (Å²) in [5.41, 5.74) is 4.60. The van der Waals surface area contributed by atoms with Crippen LogP contribution in [-0.4, -0.2) is 32.1 Å². The number of halogens is 1. The van der Waals surface area contributed by atoms with E-state index in [-0.39, 0.29) is 11.7 Å². The first-order chi connectivity index (χ1) is 15.6. The molecule has 1 aliphatic rings. The number of aryl methyl sites for hydroxylation is 2. The molecule has 0 amide bonds. The van der Waals surface area contributed by atoms with Gasteiger partial charge in [0.1, 0.15) is 17.4 Å². The maximum Gasteiger partial charge on any atom is 0.246 e. The number of hydrogen-bond donors (Lipinski definition) is 1. The third-order valence-corrected chi connectivity index (χ3v) is 5.69. The third-order valence-electron chi connectivity index (χ3n) is 5.69. The first-order valence-corrected chi connectivity index (χ1v) is 10.6. The molecule has 8 heteroatoms. The molecule has 7 nitrogen and oxygen atoms in total. The van der Waals surface area contributed by atoms with E-state index in [0.717, 1.165) is 59.0 Å². The summed E-state index contributed by atoms with van der Waals surface area (Å²) in [4.78, 5) is 4.76. The van der Waals surface area contributed by atoms with Crippen molar-refractivity contribution < 1.29 is 9.13 Å². The van der Waals surface area contributed by atoms with Crippen LogP contribution < -0.4 is 10.1 Å². The number of fused-ring (bicyclic) bond motifs is 1. The van der Waals surface area contributed by atoms with Crippen LogP contribution >= 0.6 is 0 Å². The minimum Gasteiger partial charge on any atom is -0.496 e. The Labute approximate surface area is 185 Å². The Morgan fingerprint density at radius 2 is 1.97 bits per heavy atom. The van der Waals surface area contributed by atoms with Gasteiger partial charge in [-0.1, -0.05) is 12.1 Å². The van der Waals surface area contributed by atoms with Gasteiger partial charge in [0.25, 0.3) is 0 Å². The Bertz CT molecular complexity index is 1250. The van der Waals surface area contributed by atoms with Crippen molar-refractivity contribution in [3.8, 4) is 16.9 Å². The minimum absolute atomic E-state index is 0.103. The highest BCUT2D eigenvalue weighted by Gasteiger charge is 2.26. The molecule has 0 bridgehead atoms. The van der Waals surface area contributed by atoms with E-state index in [9.17, 15) is 4.39 Å². The van der Waals surface area contributed by atoms with Crippen LogP contribution in [0.5, 0.6) is 5.75 Å². The smallest absolute Gasteiger partial charge is 0.246 e. The average molecular weight is 430 g/mol. The van der Waals surface area contributed by atoms with Gasteiger partial charge in [0.2, 0.25) is 5.95 Å². The van der Waals surface area contributed by atoms with Gasteiger partial charge in [-0.3, -0.25) is 0 Å². The predicted molar refractivity (Wildman–Crippen MR) is 120 cm³/mol. The van der Waals surface area contributed by atoms with Crippen LogP contribution in [0.1, 0.15) is 35.8 Å². The molecule has 5 rings (SSSR count). The zero-order valence-electron chi connectivity index (χ0n) is 17.9. The number of hydrogen-bond acceptors (Lipinski definition) is 6. The predicted octanol–water partition coefficient (Wildman–Crippen LogP) is 4.86. The Morgan fingerprint density at radius 3 is 2.75 bits per heavy atom. The molecule has 0 saturated carbocycles. The summed E-state index contributed by atoms with van der Waals surface area (Å²) in [5, 5.41) is 16.0. The van der Waals surface area contributed by atoms with Gasteiger partial charge >= 0.3 is 0 Å². The molecule has 32 heavy (non-hydrogen) atoms. The molecule has 1 aliphatic heterocycles. The van der Waals surface area contributed by atoms with E-state index in [0.29, 0.717) is 5.95 Å². The summed E-state index contributed by atoms with van der Waals surface area (Å²) in [6.45, 7) is 2.72. The van der Waals surface area contributed by atoms with Crippen LogP contribution in [0.25, 0.3) is 11.1 Å². The van der Waals surface area contributed by atoms with Crippen molar-refractivity contribution in [3.63, 3.8) is 0 Å². The maximum atomic E-state index is 13.4. The molecule has 0 fully saturated rings. The van der Waals surface area contributed by atoms with Crippen molar-refractivity contribution in [3.05, 3.63) is 77.6 Å². The molecular formula is C24H23FN6O. The lowest BCUT2D eigenvalue weighted by molar-refractivity contribution is 0.416. The first kappa shape index (κ1) is 20.1. The second-order valence-electron chi connectivity index (χ2n) is 7.89. The van der Waals surface area contributed by atoms with Crippen LogP contribution in [0.15, 0.2) is 54.7 Å². The summed E-state index contributed by atoms with van der Waals surface area (Å²) in [6, 6.07) is 14.5. The molecule has 0 spiro atoms. The van der Waals surface area contributed by atoms with Crippen LogP contribution in [-0.2, 0) is 6.54 Å². The summed E-state index contributed by atoms with van der Waals surface area (Å²) >= 11 is 0. The number of benzene rings is 2. The number of ether oxygens (including phenoxy) is 1. The maximum absolute atomic E-state index is 13.4. The molecule has 0 saturated heterocycles. The monoisotopic (exact) mass is 430 g/mol. The van der Waals surface area contributed by atoms with Gasteiger partial charge < -0.3 is 10.1 Å². The van der Waals surface area contributed by atoms with E-state index in [1.165, 1.54) is 12.1 Å². The number of anilines is 2. The van der Waals surface area contributed by atoms with E-state index >= 15 is 0 Å². The van der Waals surface area contributed by atoms with Crippen molar-refractivity contribution in [2.75, 3.05) is 12.4 Å². The van der Waals surface area contributed by atoms with E-state index in [4.69, 9.17) is 9.72 Å². The van der Waals surface area contributed by atoms with Crippen molar-refractivity contribution in [2.24, 2.45) is 0 Å². The van der Waals surface area contributed by atoms with Gasteiger partial charge in [-0.05, 0) is 55.7 Å². The van der Waals surface area contributed by atoms with Gasteiger partial charge in [0.15, 0.2) is 0 Å². The van der Waals surface area contributed by atoms with Gasteiger partial charge in [0.05, 0.1) is 19.0 Å². The van der Waals surface area contributed by atoms with Gasteiger partial charge in [-0.15, -0.1) is 5.10 Å². The highest BCUT2D eigenvalue weighted by molar-refractivity contribution is 5.74. The van der Waals surface area contributed by atoms with Crippen molar-refractivity contribution >= 4 is 11.6 Å². The highest BCUT2D eigenvalue weighted by Crippen LogP contribution is 2.35. The van der Waals surface area contributed by atoms with Crippen molar-refractivity contribution in [1.82, 2.24) is 25.0 Å². The minimum atomic E-state index is -0.233. The average Bonchev–Trinajstić information content (AvgIpc) is 3.22. The van der Waals surface area contributed by atoms with Crippen molar-refractivity contribution in [2.45, 2.75) is 32.2 Å². The summed E-state index contributed by atoms with van der Waals surface area (Å²) < 4.78 is 20.9. The second kappa shape index (κ2) is 8.37. The zero-order valence-corrected chi connectivity index (χ0v) is 17.9. The molecular weight excluding hydrogens is 407 g/mol. The lowest BCUT2D eigenvalue weighted by Gasteiger charge is -2.22. The fraction of sp³-hybridized carbons (Fsp3) is 0.250. The number of methoxy groups -OCH3 is 1. The standard InChI is InChI=1S/C24H23FN6O/c1-15-12-17(14-26-29-15)20-10-9-19(13-22(20)32-2)27-24-28-23-21(4-3-11-31(23)30-24)16-5-7-18(25)8-6-16/h5-10,12-14,21H,3-4,11H2,1-2H3,(H,27,30). The van der Waals surface area contributed by atoms with E-state index < -0.39 is 0 Å². The van der Waals surface area contributed by atoms with Crippen LogP contribution in [0.2, 0.25) is 0 Å². The lowest BCUT2D eigenvalue weighted by atomic mass is 9.91. The van der Waals surface area contributed by atoms with Gasteiger partial charge in [-0.25, -0.2) is 9.07 Å². The molecule has 0 aliphatic carbocycles. The fourth-order valence-corrected chi connectivity index (χ4v) is 4.17. The second-order valence-corrected chi connectivity index (χ2v) is 7.89. The largest absolute Gasteiger partial charge is 0.496 e. The summed E-state index contributed by atoms with van der Waals surface area (Å²) in [7, 11) is 1.64. The topological polar surface area (TPSA) is 77.8 Å². The van der Waals surface area contributed by atoms with E-state index in [2.05, 4.69) is 20.6 Å². The number of nitrogens with zero attached hydrogens (tertiary/aromatic N) is 5. The Balaban J connectivity index is 1.42. The first-order valence-electron chi connectivity index (χ1n) is 10.6. The SMILES string of the molecule is COc1cc(Nc2nc3n(n2)CCCC3c2ccc(F)cc2)ccc1-c1cnnc(C)c1. The Kier molecular flexibility index (Phi) is 5.26. The Morgan fingerprint density at radius 1 is 1.12 bits per heavy atom. The van der Waals surface area contributed by atoms with Gasteiger partial charge in [-0.2, -0.15) is 15.2 Å². The normalized spacial score (nSPS) is 15.3. The number of nitrogens with one attached hydrogen (secondary N) is 1. The molecule has 1 N–H and O–H groups in total. The van der Waals surface area contributed by atoms with Crippen LogP contribution in [0, 0.1) is 12.7 Å².